The van der Waals surface area contributed by atoms with Gasteiger partial charge < -0.3 is 10.4 Å². The predicted molar refractivity (Wildman–Crippen MR) is 82.7 cm³/mol. The molecule has 98 valence electrons. The maximum absolute atomic E-state index is 10.7. The molecule has 0 aliphatic rings. The van der Waals surface area contributed by atoms with Crippen molar-refractivity contribution in [3.05, 3.63) is 56.4 Å². The molecule has 0 spiro atoms. The lowest BCUT2D eigenvalue weighted by molar-refractivity contribution is 0.0696. The second-order valence-corrected chi connectivity index (χ2v) is 5.47. The van der Waals surface area contributed by atoms with E-state index in [2.05, 4.69) is 32.9 Å². The highest BCUT2D eigenvalue weighted by atomic mass is 127. The summed E-state index contributed by atoms with van der Waals surface area (Å²) >= 11 is 8.29. The van der Waals surface area contributed by atoms with Crippen LogP contribution in [0.1, 0.15) is 16.1 Å². The molecule has 1 heterocycles. The number of carboxylic acid groups (broad SMARTS) is 1. The molecule has 4 nitrogen and oxygen atoms in total. The number of rotatable bonds is 4. The average Bonchev–Trinajstić information content (AvgIpc) is 2.38. The Kier molecular flexibility index (Phi) is 4.60. The van der Waals surface area contributed by atoms with Gasteiger partial charge >= 0.3 is 5.97 Å². The number of aromatic nitrogens is 1. The Bertz CT molecular complexity index is 602. The molecule has 1 aromatic carbocycles. The number of anilines is 1. The molecular formula is C13H10ClIN2O2. The van der Waals surface area contributed by atoms with Crippen LogP contribution >= 0.6 is 34.2 Å². The molecule has 1 aromatic heterocycles. The summed E-state index contributed by atoms with van der Waals surface area (Å²) in [5.74, 6) is -0.979. The summed E-state index contributed by atoms with van der Waals surface area (Å²) in [5.41, 5.74) is 1.75. The lowest BCUT2D eigenvalue weighted by Crippen LogP contribution is -2.04. The zero-order valence-corrected chi connectivity index (χ0v) is 12.6. The number of carbonyl (C=O) groups is 1. The van der Waals surface area contributed by atoms with Gasteiger partial charge in [-0.05, 0) is 52.9 Å². The third kappa shape index (κ3) is 3.81. The van der Waals surface area contributed by atoms with Crippen molar-refractivity contribution in [3.63, 3.8) is 0 Å². The van der Waals surface area contributed by atoms with Gasteiger partial charge in [0.15, 0.2) is 0 Å². The quantitative estimate of drug-likeness (QED) is 0.785. The number of aromatic carboxylic acids is 1. The molecule has 0 amide bonds. The summed E-state index contributed by atoms with van der Waals surface area (Å²) in [4.78, 5) is 14.8. The van der Waals surface area contributed by atoms with Gasteiger partial charge in [0.1, 0.15) is 0 Å². The van der Waals surface area contributed by atoms with Crippen molar-refractivity contribution in [2.75, 3.05) is 5.32 Å². The minimum absolute atomic E-state index is 0.177. The number of benzene rings is 1. The molecule has 0 radical (unpaired) electrons. The smallest absolute Gasteiger partial charge is 0.337 e. The summed E-state index contributed by atoms with van der Waals surface area (Å²) in [6, 6.07) is 8.93. The van der Waals surface area contributed by atoms with Crippen LogP contribution in [0, 0.1) is 3.57 Å². The summed E-state index contributed by atoms with van der Waals surface area (Å²) in [6.45, 7) is 0.486. The van der Waals surface area contributed by atoms with Crippen molar-refractivity contribution in [1.29, 1.82) is 0 Å². The number of pyridine rings is 1. The van der Waals surface area contributed by atoms with Crippen LogP contribution in [0.5, 0.6) is 0 Å². The number of halogens is 2. The highest BCUT2D eigenvalue weighted by molar-refractivity contribution is 14.1. The molecule has 0 bridgehead atoms. The predicted octanol–water partition coefficient (Wildman–Crippen LogP) is 3.65. The van der Waals surface area contributed by atoms with Crippen molar-refractivity contribution in [1.82, 2.24) is 4.98 Å². The maximum atomic E-state index is 10.7. The molecule has 2 aromatic rings. The molecule has 0 atom stereocenters. The first-order chi connectivity index (χ1) is 9.06. The monoisotopic (exact) mass is 388 g/mol. The minimum Gasteiger partial charge on any atom is -0.478 e. The van der Waals surface area contributed by atoms with E-state index in [1.807, 2.05) is 18.2 Å². The number of nitrogens with zero attached hydrogens (tertiary/aromatic N) is 1. The number of nitrogens with one attached hydrogen (secondary N) is 1. The first-order valence-corrected chi connectivity index (χ1v) is 6.89. The van der Waals surface area contributed by atoms with Gasteiger partial charge in [-0.15, -0.1) is 0 Å². The topological polar surface area (TPSA) is 62.2 Å². The Hall–Kier alpha value is -1.34. The van der Waals surface area contributed by atoms with E-state index in [1.54, 1.807) is 6.07 Å². The molecule has 2 rings (SSSR count). The number of hydrogen-bond donors (Lipinski definition) is 2. The normalized spacial score (nSPS) is 10.2. The minimum atomic E-state index is -0.979. The van der Waals surface area contributed by atoms with E-state index in [9.17, 15) is 4.79 Å². The van der Waals surface area contributed by atoms with Gasteiger partial charge in [-0.1, -0.05) is 11.6 Å². The number of carboxylic acids is 1. The van der Waals surface area contributed by atoms with E-state index in [-0.39, 0.29) is 5.56 Å². The van der Waals surface area contributed by atoms with E-state index in [0.717, 1.165) is 15.0 Å². The van der Waals surface area contributed by atoms with Crippen LogP contribution in [0.4, 0.5) is 5.69 Å². The summed E-state index contributed by atoms with van der Waals surface area (Å²) in [5, 5.41) is 12.6. The summed E-state index contributed by atoms with van der Waals surface area (Å²) in [7, 11) is 0. The molecule has 0 saturated carbocycles. The summed E-state index contributed by atoms with van der Waals surface area (Å²) in [6.07, 6.45) is 1.34. The molecule has 2 N–H and O–H groups in total. The van der Waals surface area contributed by atoms with Gasteiger partial charge in [-0.2, -0.15) is 0 Å². The molecule has 0 fully saturated rings. The lowest BCUT2D eigenvalue weighted by Gasteiger charge is -2.08. The fourth-order valence-electron chi connectivity index (χ4n) is 1.47. The van der Waals surface area contributed by atoms with Crippen molar-refractivity contribution < 1.29 is 9.90 Å². The van der Waals surface area contributed by atoms with Crippen LogP contribution in [-0.2, 0) is 6.54 Å². The second-order valence-electron chi connectivity index (χ2n) is 3.82. The van der Waals surface area contributed by atoms with Gasteiger partial charge in [-0.25, -0.2) is 4.79 Å². The van der Waals surface area contributed by atoms with E-state index < -0.39 is 5.97 Å². The van der Waals surface area contributed by atoms with Crippen LogP contribution in [0.25, 0.3) is 0 Å². The molecule has 0 aliphatic carbocycles. The second kappa shape index (κ2) is 6.21. The van der Waals surface area contributed by atoms with Gasteiger partial charge in [0.05, 0.1) is 28.5 Å². The largest absolute Gasteiger partial charge is 0.478 e. The van der Waals surface area contributed by atoms with E-state index in [4.69, 9.17) is 16.7 Å². The molecule has 0 unspecified atom stereocenters. The van der Waals surface area contributed by atoms with Gasteiger partial charge in [-0.3, -0.25) is 4.98 Å². The van der Waals surface area contributed by atoms with Crippen LogP contribution < -0.4 is 5.32 Å². The Morgan fingerprint density at radius 3 is 2.74 bits per heavy atom. The van der Waals surface area contributed by atoms with Crippen LogP contribution in [0.15, 0.2) is 36.5 Å². The number of hydrogen-bond acceptors (Lipinski definition) is 3. The zero-order chi connectivity index (χ0) is 13.8. The first kappa shape index (κ1) is 14.1. The molecule has 0 saturated heterocycles. The van der Waals surface area contributed by atoms with E-state index in [1.165, 1.54) is 12.3 Å². The van der Waals surface area contributed by atoms with Crippen molar-refractivity contribution in [2.45, 2.75) is 6.54 Å². The Morgan fingerprint density at radius 2 is 2.16 bits per heavy atom. The molecule has 6 heteroatoms. The SMILES string of the molecule is O=C(O)c1ccc(CNc2ccc(I)cc2Cl)nc1. The van der Waals surface area contributed by atoms with Crippen LogP contribution in [0.3, 0.4) is 0 Å². The Labute approximate surface area is 129 Å². The maximum Gasteiger partial charge on any atom is 0.337 e. The zero-order valence-electron chi connectivity index (χ0n) is 9.73. The molecule has 19 heavy (non-hydrogen) atoms. The van der Waals surface area contributed by atoms with Gasteiger partial charge in [0, 0.05) is 9.77 Å². The van der Waals surface area contributed by atoms with Crippen LogP contribution in [-0.4, -0.2) is 16.1 Å². The van der Waals surface area contributed by atoms with E-state index in [0.29, 0.717) is 11.6 Å². The highest BCUT2D eigenvalue weighted by Gasteiger charge is 2.04. The third-order valence-electron chi connectivity index (χ3n) is 2.46. The van der Waals surface area contributed by atoms with Crippen molar-refractivity contribution in [3.8, 4) is 0 Å². The first-order valence-electron chi connectivity index (χ1n) is 5.43. The Balaban J connectivity index is 2.04. The van der Waals surface area contributed by atoms with E-state index >= 15 is 0 Å². The fraction of sp³-hybridized carbons (Fsp3) is 0.0769. The molecule has 0 aliphatic heterocycles. The average molecular weight is 389 g/mol. The Morgan fingerprint density at radius 1 is 1.37 bits per heavy atom. The third-order valence-corrected chi connectivity index (χ3v) is 3.45. The van der Waals surface area contributed by atoms with Gasteiger partial charge in [0.25, 0.3) is 0 Å². The van der Waals surface area contributed by atoms with Crippen molar-refractivity contribution in [2.24, 2.45) is 0 Å². The highest BCUT2D eigenvalue weighted by Crippen LogP contribution is 2.24. The van der Waals surface area contributed by atoms with Crippen LogP contribution in [0.2, 0.25) is 5.02 Å². The molecular weight excluding hydrogens is 379 g/mol. The lowest BCUT2D eigenvalue weighted by atomic mass is 10.2. The van der Waals surface area contributed by atoms with Gasteiger partial charge in [0.2, 0.25) is 0 Å². The summed E-state index contributed by atoms with van der Waals surface area (Å²) < 4.78 is 1.07. The fourth-order valence-corrected chi connectivity index (χ4v) is 2.40. The standard InChI is InChI=1S/C13H10ClIN2O2/c14-11-5-9(15)2-4-12(11)17-7-10-3-1-8(6-16-10)13(18)19/h1-6,17H,7H2,(H,18,19). The van der Waals surface area contributed by atoms with Crippen molar-refractivity contribution >= 4 is 45.8 Å².